The largest absolute Gasteiger partial charge is 0.381 e. The number of halogens is 1. The van der Waals surface area contributed by atoms with Gasteiger partial charge in [-0.1, -0.05) is 55.8 Å². The Balaban J connectivity index is 2.12. The SMILES string of the molecule is Cc1ccc(CNc2ccccc2C(C)C)cc1Cl. The summed E-state index contributed by atoms with van der Waals surface area (Å²) in [5, 5.41) is 4.33. The Kier molecular flexibility index (Phi) is 4.49. The summed E-state index contributed by atoms with van der Waals surface area (Å²) in [6.07, 6.45) is 0. The molecule has 0 aromatic heterocycles. The Bertz CT molecular complexity index is 561. The summed E-state index contributed by atoms with van der Waals surface area (Å²) >= 11 is 6.15. The lowest BCUT2D eigenvalue weighted by Gasteiger charge is -2.14. The third kappa shape index (κ3) is 3.51. The number of hydrogen-bond acceptors (Lipinski definition) is 1. The molecule has 0 atom stereocenters. The van der Waals surface area contributed by atoms with Crippen LogP contribution in [0.25, 0.3) is 0 Å². The molecule has 0 unspecified atom stereocenters. The van der Waals surface area contributed by atoms with Crippen LogP contribution in [-0.4, -0.2) is 0 Å². The number of para-hydroxylation sites is 1. The molecule has 0 saturated carbocycles. The van der Waals surface area contributed by atoms with Crippen molar-refractivity contribution in [3.63, 3.8) is 0 Å². The van der Waals surface area contributed by atoms with E-state index in [4.69, 9.17) is 11.6 Å². The van der Waals surface area contributed by atoms with Gasteiger partial charge in [-0.05, 0) is 41.7 Å². The fraction of sp³-hybridized carbons (Fsp3) is 0.294. The van der Waals surface area contributed by atoms with Crippen LogP contribution >= 0.6 is 11.6 Å². The molecule has 1 nitrogen and oxygen atoms in total. The van der Waals surface area contributed by atoms with Gasteiger partial charge in [-0.15, -0.1) is 0 Å². The zero-order valence-electron chi connectivity index (χ0n) is 11.7. The first-order valence-corrected chi connectivity index (χ1v) is 7.03. The first-order valence-electron chi connectivity index (χ1n) is 6.65. The van der Waals surface area contributed by atoms with Crippen LogP contribution in [0.1, 0.15) is 36.5 Å². The molecule has 19 heavy (non-hydrogen) atoms. The van der Waals surface area contributed by atoms with E-state index < -0.39 is 0 Å². The summed E-state index contributed by atoms with van der Waals surface area (Å²) in [6.45, 7) is 7.24. The molecule has 100 valence electrons. The smallest absolute Gasteiger partial charge is 0.0438 e. The molecule has 0 fully saturated rings. The summed E-state index contributed by atoms with van der Waals surface area (Å²) in [7, 11) is 0. The van der Waals surface area contributed by atoms with E-state index in [9.17, 15) is 0 Å². The quantitative estimate of drug-likeness (QED) is 0.788. The Morgan fingerprint density at radius 1 is 1.11 bits per heavy atom. The van der Waals surface area contributed by atoms with E-state index in [2.05, 4.69) is 55.6 Å². The monoisotopic (exact) mass is 273 g/mol. The van der Waals surface area contributed by atoms with Gasteiger partial charge in [0.1, 0.15) is 0 Å². The standard InChI is InChI=1S/C17H20ClN/c1-12(2)15-6-4-5-7-17(15)19-11-14-9-8-13(3)16(18)10-14/h4-10,12,19H,11H2,1-3H3. The van der Waals surface area contributed by atoms with Crippen molar-refractivity contribution in [3.05, 3.63) is 64.2 Å². The van der Waals surface area contributed by atoms with Gasteiger partial charge in [0.2, 0.25) is 0 Å². The molecule has 0 bridgehead atoms. The molecule has 0 saturated heterocycles. The van der Waals surface area contributed by atoms with E-state index in [0.717, 1.165) is 17.1 Å². The molecule has 2 aromatic rings. The summed E-state index contributed by atoms with van der Waals surface area (Å²) < 4.78 is 0. The Morgan fingerprint density at radius 3 is 2.53 bits per heavy atom. The van der Waals surface area contributed by atoms with Crippen LogP contribution in [0, 0.1) is 6.92 Å². The van der Waals surface area contributed by atoms with Gasteiger partial charge in [0.15, 0.2) is 0 Å². The lowest BCUT2D eigenvalue weighted by atomic mass is 10.0. The highest BCUT2D eigenvalue weighted by Gasteiger charge is 2.05. The zero-order valence-corrected chi connectivity index (χ0v) is 12.5. The van der Waals surface area contributed by atoms with Crippen molar-refractivity contribution in [1.82, 2.24) is 0 Å². The first-order chi connectivity index (χ1) is 9.08. The van der Waals surface area contributed by atoms with Gasteiger partial charge in [-0.2, -0.15) is 0 Å². The first kappa shape index (κ1) is 14.0. The van der Waals surface area contributed by atoms with Gasteiger partial charge in [0, 0.05) is 17.3 Å². The van der Waals surface area contributed by atoms with E-state index in [1.165, 1.54) is 16.8 Å². The van der Waals surface area contributed by atoms with E-state index in [1.807, 2.05) is 13.0 Å². The molecule has 2 heteroatoms. The van der Waals surface area contributed by atoms with Crippen molar-refractivity contribution < 1.29 is 0 Å². The topological polar surface area (TPSA) is 12.0 Å². The molecule has 0 heterocycles. The summed E-state index contributed by atoms with van der Waals surface area (Å²) in [5.41, 5.74) is 4.87. The minimum absolute atomic E-state index is 0.519. The van der Waals surface area contributed by atoms with Gasteiger partial charge < -0.3 is 5.32 Å². The molecule has 0 amide bonds. The van der Waals surface area contributed by atoms with Crippen molar-refractivity contribution in [2.45, 2.75) is 33.2 Å². The highest BCUT2D eigenvalue weighted by molar-refractivity contribution is 6.31. The molecule has 1 N–H and O–H groups in total. The minimum atomic E-state index is 0.519. The maximum atomic E-state index is 6.15. The summed E-state index contributed by atoms with van der Waals surface area (Å²) in [4.78, 5) is 0. The van der Waals surface area contributed by atoms with Crippen LogP contribution in [0.3, 0.4) is 0 Å². The van der Waals surface area contributed by atoms with Gasteiger partial charge in [0.25, 0.3) is 0 Å². The van der Waals surface area contributed by atoms with E-state index in [-0.39, 0.29) is 0 Å². The second-order valence-corrected chi connectivity index (χ2v) is 5.59. The number of anilines is 1. The average Bonchev–Trinajstić information content (AvgIpc) is 2.40. The maximum absolute atomic E-state index is 6.15. The second kappa shape index (κ2) is 6.12. The van der Waals surface area contributed by atoms with Gasteiger partial charge in [0.05, 0.1) is 0 Å². The molecule has 0 spiro atoms. The van der Waals surface area contributed by atoms with E-state index in [1.54, 1.807) is 0 Å². The third-order valence-corrected chi connectivity index (χ3v) is 3.71. The zero-order chi connectivity index (χ0) is 13.8. The molecule has 2 rings (SSSR count). The Hall–Kier alpha value is -1.47. The Labute approximate surface area is 120 Å². The normalized spacial score (nSPS) is 10.8. The number of aryl methyl sites for hydroxylation is 1. The fourth-order valence-electron chi connectivity index (χ4n) is 2.11. The molecule has 0 aliphatic rings. The van der Waals surface area contributed by atoms with Crippen molar-refractivity contribution in [3.8, 4) is 0 Å². The van der Waals surface area contributed by atoms with Crippen LogP contribution in [0.15, 0.2) is 42.5 Å². The maximum Gasteiger partial charge on any atom is 0.0438 e. The Morgan fingerprint density at radius 2 is 1.84 bits per heavy atom. The van der Waals surface area contributed by atoms with Crippen LogP contribution < -0.4 is 5.32 Å². The number of benzene rings is 2. The predicted octanol–water partition coefficient (Wildman–Crippen LogP) is 5.38. The molecular formula is C17H20ClN. The van der Waals surface area contributed by atoms with E-state index >= 15 is 0 Å². The van der Waals surface area contributed by atoms with Crippen molar-refractivity contribution in [2.75, 3.05) is 5.32 Å². The van der Waals surface area contributed by atoms with Crippen molar-refractivity contribution >= 4 is 17.3 Å². The van der Waals surface area contributed by atoms with Crippen LogP contribution in [0.2, 0.25) is 5.02 Å². The average molecular weight is 274 g/mol. The molecular weight excluding hydrogens is 254 g/mol. The highest BCUT2D eigenvalue weighted by Crippen LogP contribution is 2.24. The number of hydrogen-bond donors (Lipinski definition) is 1. The van der Waals surface area contributed by atoms with Crippen molar-refractivity contribution in [1.29, 1.82) is 0 Å². The molecule has 0 radical (unpaired) electrons. The summed E-state index contributed by atoms with van der Waals surface area (Å²) in [5.74, 6) is 0.519. The van der Waals surface area contributed by atoms with E-state index in [0.29, 0.717) is 5.92 Å². The molecule has 0 aliphatic carbocycles. The van der Waals surface area contributed by atoms with Crippen LogP contribution in [0.4, 0.5) is 5.69 Å². The summed E-state index contributed by atoms with van der Waals surface area (Å²) in [6, 6.07) is 14.7. The van der Waals surface area contributed by atoms with Crippen molar-refractivity contribution in [2.24, 2.45) is 0 Å². The lowest BCUT2D eigenvalue weighted by molar-refractivity contribution is 0.865. The van der Waals surface area contributed by atoms with Gasteiger partial charge in [-0.3, -0.25) is 0 Å². The second-order valence-electron chi connectivity index (χ2n) is 5.18. The van der Waals surface area contributed by atoms with Crippen LogP contribution in [-0.2, 0) is 6.54 Å². The highest BCUT2D eigenvalue weighted by atomic mass is 35.5. The number of rotatable bonds is 4. The fourth-order valence-corrected chi connectivity index (χ4v) is 2.31. The number of nitrogens with one attached hydrogen (secondary N) is 1. The van der Waals surface area contributed by atoms with Crippen LogP contribution in [0.5, 0.6) is 0 Å². The predicted molar refractivity (Wildman–Crippen MR) is 84.0 cm³/mol. The molecule has 0 aliphatic heterocycles. The lowest BCUT2D eigenvalue weighted by Crippen LogP contribution is -2.03. The third-order valence-electron chi connectivity index (χ3n) is 3.30. The van der Waals surface area contributed by atoms with Gasteiger partial charge in [-0.25, -0.2) is 0 Å². The van der Waals surface area contributed by atoms with Gasteiger partial charge >= 0.3 is 0 Å². The minimum Gasteiger partial charge on any atom is -0.381 e. The molecule has 2 aromatic carbocycles.